The Balaban J connectivity index is 1.27. The minimum atomic E-state index is -4.19. The summed E-state index contributed by atoms with van der Waals surface area (Å²) >= 11 is 0. The average molecular weight is 380 g/mol. The maximum absolute atomic E-state index is 13.2. The van der Waals surface area contributed by atoms with Crippen molar-refractivity contribution in [2.45, 2.75) is 62.1 Å². The van der Waals surface area contributed by atoms with Gasteiger partial charge in [-0.05, 0) is 36.8 Å². The Morgan fingerprint density at radius 1 is 1.19 bits per heavy atom. The highest BCUT2D eigenvalue weighted by molar-refractivity contribution is 5.79. The molecule has 1 aromatic carbocycles. The molecule has 0 aromatic heterocycles. The molecular weight excluding hydrogens is 357 g/mol. The van der Waals surface area contributed by atoms with Gasteiger partial charge in [0.25, 0.3) is 0 Å². The zero-order chi connectivity index (χ0) is 19.2. The number of hydrogen-bond donors (Lipinski definition) is 1. The zero-order valence-electron chi connectivity index (χ0n) is 15.0. The van der Waals surface area contributed by atoms with Gasteiger partial charge in [0.15, 0.2) is 0 Å². The van der Waals surface area contributed by atoms with Crippen LogP contribution in [0, 0.1) is 0 Å². The van der Waals surface area contributed by atoms with Gasteiger partial charge in [0.1, 0.15) is 0 Å². The van der Waals surface area contributed by atoms with Crippen LogP contribution in [0.3, 0.4) is 0 Å². The summed E-state index contributed by atoms with van der Waals surface area (Å²) in [5.74, 6) is 0.326. The molecule has 1 aliphatic carbocycles. The van der Waals surface area contributed by atoms with Gasteiger partial charge in [0.05, 0.1) is 5.41 Å². The average Bonchev–Trinajstić information content (AvgIpc) is 3.30. The number of alkyl halides is 3. The fourth-order valence-electron chi connectivity index (χ4n) is 4.18. The summed E-state index contributed by atoms with van der Waals surface area (Å²) < 4.78 is 39.6. The van der Waals surface area contributed by atoms with Gasteiger partial charge >= 0.3 is 6.18 Å². The first-order valence-electron chi connectivity index (χ1n) is 9.53. The van der Waals surface area contributed by atoms with Crippen molar-refractivity contribution in [3.63, 3.8) is 0 Å². The van der Waals surface area contributed by atoms with Crippen LogP contribution in [0.1, 0.15) is 55.6 Å². The van der Waals surface area contributed by atoms with Crippen LogP contribution in [0.4, 0.5) is 13.2 Å². The van der Waals surface area contributed by atoms with Gasteiger partial charge in [-0.15, -0.1) is 0 Å². The van der Waals surface area contributed by atoms with Gasteiger partial charge in [0, 0.05) is 37.9 Å². The zero-order valence-corrected chi connectivity index (χ0v) is 15.0. The lowest BCUT2D eigenvalue weighted by atomic mass is 9.88. The van der Waals surface area contributed by atoms with E-state index in [4.69, 9.17) is 0 Å². The fraction of sp³-hybridized carbons (Fsp3) is 0.600. The topological polar surface area (TPSA) is 49.4 Å². The Morgan fingerprint density at radius 3 is 2.37 bits per heavy atom. The van der Waals surface area contributed by atoms with Gasteiger partial charge in [0.2, 0.25) is 11.8 Å². The number of carbonyl (C=O) groups excluding carboxylic acids is 2. The van der Waals surface area contributed by atoms with E-state index in [0.29, 0.717) is 37.9 Å². The van der Waals surface area contributed by atoms with Crippen molar-refractivity contribution in [3.05, 3.63) is 35.4 Å². The first kappa shape index (κ1) is 18.3. The third-order valence-electron chi connectivity index (χ3n) is 6.25. The summed E-state index contributed by atoms with van der Waals surface area (Å²) in [5.41, 5.74) is -0.295. The van der Waals surface area contributed by atoms with E-state index in [-0.39, 0.29) is 36.6 Å². The van der Waals surface area contributed by atoms with E-state index >= 15 is 0 Å². The molecule has 1 aromatic rings. The third kappa shape index (κ3) is 3.44. The minimum absolute atomic E-state index is 0.0541. The molecule has 0 radical (unpaired) electrons. The van der Waals surface area contributed by atoms with Crippen molar-refractivity contribution >= 4 is 11.8 Å². The monoisotopic (exact) mass is 380 g/mol. The van der Waals surface area contributed by atoms with Crippen molar-refractivity contribution in [2.24, 2.45) is 0 Å². The molecule has 1 N–H and O–H groups in total. The highest BCUT2D eigenvalue weighted by atomic mass is 19.4. The standard InChI is InChI=1S/C20H23F3N2O2/c21-20(22,23)19(9-10-19)15-3-1-13(2-4-15)14-11-25(12-14)18(27)8-6-16-5-7-17(26)24-16/h1-4,14,16H,5-12H2,(H,24,26). The second-order valence-corrected chi connectivity index (χ2v) is 8.04. The van der Waals surface area contributed by atoms with E-state index < -0.39 is 11.6 Å². The van der Waals surface area contributed by atoms with Gasteiger partial charge in [-0.1, -0.05) is 24.3 Å². The molecule has 1 atom stereocenters. The molecule has 0 spiro atoms. The van der Waals surface area contributed by atoms with Crippen LogP contribution in [-0.4, -0.2) is 42.0 Å². The highest BCUT2D eigenvalue weighted by Crippen LogP contribution is 2.58. The van der Waals surface area contributed by atoms with Crippen LogP contribution in [0.5, 0.6) is 0 Å². The summed E-state index contributed by atoms with van der Waals surface area (Å²) in [6.07, 6.45) is -1.43. The molecule has 0 bridgehead atoms. The van der Waals surface area contributed by atoms with Gasteiger partial charge in [-0.25, -0.2) is 0 Å². The van der Waals surface area contributed by atoms with Crippen molar-refractivity contribution in [2.75, 3.05) is 13.1 Å². The number of benzene rings is 1. The highest BCUT2D eigenvalue weighted by Gasteiger charge is 2.64. The van der Waals surface area contributed by atoms with Gasteiger partial charge < -0.3 is 10.2 Å². The molecule has 1 unspecified atom stereocenters. The summed E-state index contributed by atoms with van der Waals surface area (Å²) in [5, 5.41) is 2.86. The molecule has 2 heterocycles. The van der Waals surface area contributed by atoms with Crippen LogP contribution in [0.25, 0.3) is 0 Å². The Bertz CT molecular complexity index is 735. The summed E-state index contributed by atoms with van der Waals surface area (Å²) in [6, 6.07) is 6.87. The van der Waals surface area contributed by atoms with Crippen LogP contribution < -0.4 is 5.32 Å². The molecule has 27 heavy (non-hydrogen) atoms. The lowest BCUT2D eigenvalue weighted by Gasteiger charge is -2.40. The first-order chi connectivity index (χ1) is 12.8. The molecule has 2 aliphatic heterocycles. The normalized spacial score (nSPS) is 24.5. The van der Waals surface area contributed by atoms with E-state index in [1.807, 2.05) is 0 Å². The van der Waals surface area contributed by atoms with Crippen molar-refractivity contribution < 1.29 is 22.8 Å². The molecule has 7 heteroatoms. The maximum atomic E-state index is 13.2. The van der Waals surface area contributed by atoms with E-state index in [1.54, 1.807) is 29.2 Å². The number of amides is 2. The molecule has 1 saturated carbocycles. The minimum Gasteiger partial charge on any atom is -0.353 e. The Morgan fingerprint density at radius 2 is 1.85 bits per heavy atom. The Labute approximate surface area is 156 Å². The number of nitrogens with one attached hydrogen (secondary N) is 1. The smallest absolute Gasteiger partial charge is 0.353 e. The number of halogens is 3. The number of likely N-dealkylation sites (tertiary alicyclic amines) is 1. The van der Waals surface area contributed by atoms with Crippen LogP contribution >= 0.6 is 0 Å². The maximum Gasteiger partial charge on any atom is 0.398 e. The van der Waals surface area contributed by atoms with Crippen molar-refractivity contribution in [1.29, 1.82) is 0 Å². The lowest BCUT2D eigenvalue weighted by molar-refractivity contribution is -0.160. The van der Waals surface area contributed by atoms with Crippen molar-refractivity contribution in [3.8, 4) is 0 Å². The van der Waals surface area contributed by atoms with E-state index in [0.717, 1.165) is 12.0 Å². The van der Waals surface area contributed by atoms with Gasteiger partial charge in [-0.3, -0.25) is 9.59 Å². The molecule has 146 valence electrons. The quantitative estimate of drug-likeness (QED) is 0.852. The van der Waals surface area contributed by atoms with Crippen LogP contribution in [0.15, 0.2) is 24.3 Å². The largest absolute Gasteiger partial charge is 0.398 e. The number of carbonyl (C=O) groups is 2. The molecule has 4 nitrogen and oxygen atoms in total. The molecule has 3 aliphatic rings. The van der Waals surface area contributed by atoms with E-state index in [9.17, 15) is 22.8 Å². The molecule has 3 fully saturated rings. The van der Waals surface area contributed by atoms with Gasteiger partial charge in [-0.2, -0.15) is 13.2 Å². The van der Waals surface area contributed by atoms with Crippen molar-refractivity contribution in [1.82, 2.24) is 10.2 Å². The molecular formula is C20H23F3N2O2. The second kappa shape index (κ2) is 6.53. The summed E-state index contributed by atoms with van der Waals surface area (Å²) in [6.45, 7) is 1.22. The second-order valence-electron chi connectivity index (χ2n) is 8.04. The van der Waals surface area contributed by atoms with Crippen LogP contribution in [-0.2, 0) is 15.0 Å². The van der Waals surface area contributed by atoms with E-state index in [1.165, 1.54) is 0 Å². The molecule has 4 rings (SSSR count). The first-order valence-corrected chi connectivity index (χ1v) is 9.53. The SMILES string of the molecule is O=C1CCC(CCC(=O)N2CC(c3ccc(C4(C(F)(F)F)CC4)cc3)C2)N1. The number of hydrogen-bond acceptors (Lipinski definition) is 2. The lowest BCUT2D eigenvalue weighted by Crippen LogP contribution is -2.48. The summed E-state index contributed by atoms with van der Waals surface area (Å²) in [7, 11) is 0. The third-order valence-corrected chi connectivity index (χ3v) is 6.25. The predicted molar refractivity (Wildman–Crippen MR) is 93.1 cm³/mol. The Kier molecular flexibility index (Phi) is 4.43. The van der Waals surface area contributed by atoms with E-state index in [2.05, 4.69) is 5.32 Å². The predicted octanol–water partition coefficient (Wildman–Crippen LogP) is 3.27. The molecule has 2 saturated heterocycles. The Hall–Kier alpha value is -2.05. The van der Waals surface area contributed by atoms with Crippen LogP contribution in [0.2, 0.25) is 0 Å². The fourth-order valence-corrected chi connectivity index (χ4v) is 4.18. The summed E-state index contributed by atoms with van der Waals surface area (Å²) in [4.78, 5) is 25.2. The molecule has 2 amide bonds. The number of rotatable bonds is 5. The number of nitrogens with zero attached hydrogens (tertiary/aromatic N) is 1.